The summed E-state index contributed by atoms with van der Waals surface area (Å²) >= 11 is 0. The molecule has 0 amide bonds. The molecular weight excluding hydrogens is 1380 g/mol. The maximum absolute atomic E-state index is 6.36. The Morgan fingerprint density at radius 2 is 0.360 bits per heavy atom. The predicted molar refractivity (Wildman–Crippen MR) is 493 cm³/mol. The first kappa shape index (κ1) is 104. The van der Waals surface area contributed by atoms with E-state index in [4.69, 9.17) is 9.98 Å². The first-order valence-electron chi connectivity index (χ1n) is 47.6. The Morgan fingerprint density at radius 3 is 0.595 bits per heavy atom. The second-order valence-electron chi connectivity index (χ2n) is 31.7. The van der Waals surface area contributed by atoms with Crippen LogP contribution in [0.4, 0.5) is 11.4 Å². The van der Waals surface area contributed by atoms with Crippen molar-refractivity contribution in [1.82, 2.24) is 0 Å². The van der Waals surface area contributed by atoms with E-state index in [0.29, 0.717) is 0 Å². The molecule has 0 radical (unpaired) electrons. The Hall–Kier alpha value is -5.25. The second-order valence-corrected chi connectivity index (χ2v) is 31.7. The largest absolute Gasteiger partial charge is 2.00 e. The molecule has 0 heterocycles. The minimum Gasteiger partial charge on any atom is -0.251 e. The molecule has 0 spiro atoms. The van der Waals surface area contributed by atoms with E-state index in [9.17, 15) is 0 Å². The summed E-state index contributed by atoms with van der Waals surface area (Å²) in [5, 5.41) is 0. The van der Waals surface area contributed by atoms with Crippen molar-refractivity contribution in [2.24, 2.45) is 9.98 Å². The van der Waals surface area contributed by atoms with Crippen molar-refractivity contribution in [3.05, 3.63) is 56.6 Å². The number of aliphatic imine (C=N–C) groups is 2. The molecular formula is C108H168N2Ni+2. The number of unbranched alkanes of at least 4 members (excludes halogenated alkanes) is 40. The van der Waals surface area contributed by atoms with Gasteiger partial charge in [0.15, 0.2) is 0 Å². The van der Waals surface area contributed by atoms with Crippen LogP contribution in [0.3, 0.4) is 0 Å². The van der Waals surface area contributed by atoms with Crippen molar-refractivity contribution in [2.45, 2.75) is 506 Å². The predicted octanol–water partition coefficient (Wildman–Crippen LogP) is 32.5. The molecule has 0 N–H and O–H groups in total. The molecule has 2 rings (SSSR count). The van der Waals surface area contributed by atoms with Gasteiger partial charge in [-0.1, -0.05) is 275 Å². The van der Waals surface area contributed by atoms with Crippen molar-refractivity contribution in [2.75, 3.05) is 0 Å². The molecule has 2 aromatic carbocycles. The zero-order chi connectivity index (χ0) is 79.2. The minimum absolute atomic E-state index is 0. The molecule has 0 aliphatic carbocycles. The normalized spacial score (nSPS) is 10.9. The van der Waals surface area contributed by atoms with Gasteiger partial charge in [-0.2, -0.15) is 0 Å². The van der Waals surface area contributed by atoms with Gasteiger partial charge in [-0.15, -0.1) is 94.7 Å². The van der Waals surface area contributed by atoms with Crippen LogP contribution in [0.15, 0.2) is 22.1 Å². The molecule has 618 valence electrons. The first-order valence-corrected chi connectivity index (χ1v) is 47.6. The van der Waals surface area contributed by atoms with Gasteiger partial charge in [-0.25, -0.2) is 0 Å². The molecule has 2 aromatic rings. The first-order chi connectivity index (χ1) is 54.4. The van der Waals surface area contributed by atoms with Crippen molar-refractivity contribution >= 4 is 22.8 Å². The number of aryl methyl sites for hydroxylation is 2. The molecule has 0 saturated carbocycles. The van der Waals surface area contributed by atoms with Crippen LogP contribution in [-0.4, -0.2) is 11.4 Å². The molecule has 0 aliphatic heterocycles. The Balaban J connectivity index is 0.0000616. The summed E-state index contributed by atoms with van der Waals surface area (Å²) < 4.78 is 0. The molecule has 0 atom stereocenters. The van der Waals surface area contributed by atoms with Gasteiger partial charge in [0, 0.05) is 103 Å². The van der Waals surface area contributed by atoms with Crippen LogP contribution in [0.25, 0.3) is 0 Å². The van der Waals surface area contributed by atoms with Crippen molar-refractivity contribution in [1.29, 1.82) is 0 Å². The van der Waals surface area contributed by atoms with E-state index in [2.05, 4.69) is 176 Å². The number of hydrogen-bond acceptors (Lipinski definition) is 2. The Bertz CT molecular complexity index is 3230. The quantitative estimate of drug-likeness (QED) is 0.0273. The van der Waals surface area contributed by atoms with Crippen LogP contribution in [0.2, 0.25) is 0 Å². The summed E-state index contributed by atoms with van der Waals surface area (Å²) in [5.74, 6) is 59.4. The van der Waals surface area contributed by atoms with E-state index in [1.54, 1.807) is 0 Å². The van der Waals surface area contributed by atoms with Crippen LogP contribution in [-0.2, 0) is 67.9 Å². The third-order valence-corrected chi connectivity index (χ3v) is 21.6. The van der Waals surface area contributed by atoms with Gasteiger partial charge in [0.25, 0.3) is 0 Å². The third kappa shape index (κ3) is 55.8. The number of hydrogen-bond donors (Lipinski definition) is 0. The summed E-state index contributed by atoms with van der Waals surface area (Å²) in [5.41, 5.74) is 16.2. The molecule has 0 aromatic heterocycles. The standard InChI is InChI=1S/C108H168N2.Ni/c1-11-21-31-41-50-58-66-75-85-97-95-107(103(91-81-72-64-56-47-37-27-17-7)101(89-79-70-62-54-45-35-25-15-5)99(97)87-77-68-60-52-43-33-23-13-3)109-105(93-83-40-30-20-10)106(94-84-74-49-39-29-19-9)110-108-96-98(86-76-67-59-51-42-32-22-12-2)100(88-78-69-61-53-44-34-24-14-4)102(90-80-71-63-55-46-36-26-16-6)104(108)92-82-73-65-57-48-38-28-18-8;/h95-96H,11-57,74-94H2,1-10H3;/q;+2/b109-105+,110-106+;. The van der Waals surface area contributed by atoms with Crippen molar-refractivity contribution in [3.8, 4) is 94.7 Å². The minimum atomic E-state index is 0. The average Bonchev–Trinajstić information content (AvgIpc) is 0.790. The number of rotatable bonds is 63. The van der Waals surface area contributed by atoms with Crippen LogP contribution >= 0.6 is 0 Å². The maximum atomic E-state index is 6.36. The topological polar surface area (TPSA) is 24.7 Å². The summed E-state index contributed by atoms with van der Waals surface area (Å²) in [7, 11) is 0. The summed E-state index contributed by atoms with van der Waals surface area (Å²) in [6, 6.07) is 5.15. The van der Waals surface area contributed by atoms with Crippen LogP contribution in [0.5, 0.6) is 0 Å². The van der Waals surface area contributed by atoms with E-state index in [1.165, 1.54) is 313 Å². The molecule has 0 fully saturated rings. The molecule has 0 unspecified atom stereocenters. The SMILES string of the molecule is CCCCCCC#CCCc1cc(/N=C(CCCCCC)/C(CCCCCCCC)=N/c2cc(CCC#CCCCCCC)c(CCC#CCCCCCC)c(CCC#CCCCCCC)c2CCC#CCCCCCC)c(CCC#CCCCCCC)c(CCC#CCCCCCC)c1CCC#CCCCCCC.[Ni+2]. The van der Waals surface area contributed by atoms with Crippen LogP contribution < -0.4 is 0 Å². The van der Waals surface area contributed by atoms with Gasteiger partial charge >= 0.3 is 16.5 Å². The fourth-order valence-corrected chi connectivity index (χ4v) is 14.8. The van der Waals surface area contributed by atoms with Gasteiger partial charge in [0.05, 0.1) is 22.8 Å². The average molecular weight is 1550 g/mol. The molecule has 3 heteroatoms. The summed E-state index contributed by atoms with van der Waals surface area (Å²) in [6.45, 7) is 23.1. The fraction of sp³-hybridized carbons (Fsp3) is 0.722. The van der Waals surface area contributed by atoms with Gasteiger partial charge in [0.2, 0.25) is 0 Å². The van der Waals surface area contributed by atoms with Gasteiger partial charge in [-0.05, 0) is 185 Å². The molecule has 0 bridgehead atoms. The number of benzene rings is 2. The second kappa shape index (κ2) is 80.0. The molecule has 2 nitrogen and oxygen atoms in total. The molecule has 0 saturated heterocycles. The molecule has 0 aliphatic rings. The van der Waals surface area contributed by atoms with E-state index in [1.807, 2.05) is 0 Å². The monoisotopic (exact) mass is 1550 g/mol. The van der Waals surface area contributed by atoms with E-state index in [0.717, 1.165) is 191 Å². The summed E-state index contributed by atoms with van der Waals surface area (Å²) in [6.07, 6.45) is 75.4. The van der Waals surface area contributed by atoms with Crippen molar-refractivity contribution in [3.63, 3.8) is 0 Å². The van der Waals surface area contributed by atoms with Gasteiger partial charge in [-0.3, -0.25) is 9.98 Å². The fourth-order valence-electron chi connectivity index (χ4n) is 14.8. The smallest absolute Gasteiger partial charge is 0.251 e. The zero-order valence-electron chi connectivity index (χ0n) is 74.4. The van der Waals surface area contributed by atoms with E-state index < -0.39 is 0 Å². The Kier molecular flexibility index (Phi) is 74.7. The van der Waals surface area contributed by atoms with Crippen LogP contribution in [0.1, 0.15) is 499 Å². The van der Waals surface area contributed by atoms with Crippen molar-refractivity contribution < 1.29 is 16.5 Å². The van der Waals surface area contributed by atoms with E-state index in [-0.39, 0.29) is 16.5 Å². The maximum Gasteiger partial charge on any atom is 2.00 e. The van der Waals surface area contributed by atoms with Crippen LogP contribution in [0, 0.1) is 94.7 Å². The Morgan fingerprint density at radius 1 is 0.189 bits per heavy atom. The summed E-state index contributed by atoms with van der Waals surface area (Å²) in [4.78, 5) is 12.7. The zero-order valence-corrected chi connectivity index (χ0v) is 75.4. The van der Waals surface area contributed by atoms with E-state index >= 15 is 0 Å². The third-order valence-electron chi connectivity index (χ3n) is 21.6. The molecule has 111 heavy (non-hydrogen) atoms. The Labute approximate surface area is 701 Å². The van der Waals surface area contributed by atoms with Gasteiger partial charge in [0.1, 0.15) is 0 Å². The van der Waals surface area contributed by atoms with Gasteiger partial charge < -0.3 is 0 Å². The number of nitrogens with zero attached hydrogens (tertiary/aromatic N) is 2.